The largest absolute Gasteiger partial charge is 0.496 e. The summed E-state index contributed by atoms with van der Waals surface area (Å²) in [5.41, 5.74) is 4.63. The van der Waals surface area contributed by atoms with E-state index in [4.69, 9.17) is 9.47 Å². The van der Waals surface area contributed by atoms with Gasteiger partial charge in [0, 0.05) is 75.2 Å². The number of nitrogens with one attached hydrogen (secondary N) is 2. The number of likely N-dealkylation sites (tertiary alicyclic amines) is 1. The Morgan fingerprint density at radius 3 is 2.33 bits per heavy atom. The predicted octanol–water partition coefficient (Wildman–Crippen LogP) is 4.52. The molecule has 3 fully saturated rings. The lowest BCUT2D eigenvalue weighted by Crippen LogP contribution is -2.61. The summed E-state index contributed by atoms with van der Waals surface area (Å²) >= 11 is 1.12. The third-order valence-corrected chi connectivity index (χ3v) is 14.0. The normalized spacial score (nSPS) is 21.0. The summed E-state index contributed by atoms with van der Waals surface area (Å²) in [5, 5.41) is 5.34. The number of hydrogen-bond acceptors (Lipinski definition) is 11. The molecule has 8 rings (SSSR count). The van der Waals surface area contributed by atoms with Gasteiger partial charge in [0.2, 0.25) is 11.8 Å². The molecule has 4 aliphatic heterocycles. The van der Waals surface area contributed by atoms with Gasteiger partial charge in [0.1, 0.15) is 17.5 Å². The second-order valence-electron chi connectivity index (χ2n) is 16.8. The van der Waals surface area contributed by atoms with E-state index in [0.717, 1.165) is 33.7 Å². The van der Waals surface area contributed by atoms with Crippen molar-refractivity contribution in [2.75, 3.05) is 59.4 Å². The third-order valence-electron chi connectivity index (χ3n) is 12.6. The summed E-state index contributed by atoms with van der Waals surface area (Å²) in [6.07, 6.45) is 3.55. The molecule has 14 nitrogen and oxygen atoms in total. The van der Waals surface area contributed by atoms with Crippen LogP contribution in [0.15, 0.2) is 41.3 Å². The molecule has 61 heavy (non-hydrogen) atoms. The van der Waals surface area contributed by atoms with Crippen LogP contribution in [0.3, 0.4) is 0 Å². The zero-order chi connectivity index (χ0) is 43.5. The van der Waals surface area contributed by atoms with Gasteiger partial charge in [-0.1, -0.05) is 6.07 Å². The Balaban J connectivity index is 0.929. The molecule has 3 saturated heterocycles. The highest BCUT2D eigenvalue weighted by atomic mass is 32.1. The first-order chi connectivity index (χ1) is 29.1. The first-order valence-electron chi connectivity index (χ1n) is 20.6. The van der Waals surface area contributed by atoms with Crippen LogP contribution < -0.4 is 30.6 Å². The van der Waals surface area contributed by atoms with Gasteiger partial charge in [-0.3, -0.25) is 34.2 Å². The van der Waals surface area contributed by atoms with E-state index in [-0.39, 0.29) is 41.1 Å². The Bertz CT molecular complexity index is 2470. The highest BCUT2D eigenvalue weighted by Gasteiger charge is 2.47. The summed E-state index contributed by atoms with van der Waals surface area (Å²) < 4.78 is 45.6. The molecule has 2 aromatic heterocycles. The van der Waals surface area contributed by atoms with Crippen LogP contribution in [0.4, 0.5) is 14.5 Å². The van der Waals surface area contributed by atoms with Gasteiger partial charge in [0.15, 0.2) is 0 Å². The fraction of sp³-hybridized carbons (Fsp3) is 0.477. The standard InChI is InChI=1S/C44H51F2N7O7S/c1-24-37-39(30(22-50(4)43(37)58)26-17-33(59-5)31(21-49(2)3)34(18-26)60-6)61-38(24)41(56)47-35-13-16-52(23-44(35,45)46)27-11-14-51(15-12-27)28-8-7-25-20-53(42(57)29(25)19-28)32-9-10-36(54)48-40(32)55/h7-8,17-19,22,27,32,35H,9-16,20-21,23H2,1-6H3,(H,47,56)(H,48,54,55). The fourth-order valence-electron chi connectivity index (χ4n) is 9.39. The van der Waals surface area contributed by atoms with Crippen molar-refractivity contribution in [3.63, 3.8) is 0 Å². The van der Waals surface area contributed by atoms with Crippen LogP contribution in [-0.2, 0) is 29.7 Å². The lowest BCUT2D eigenvalue weighted by Gasteiger charge is -2.45. The number of carbonyl (C=O) groups is 4. The average molecular weight is 860 g/mol. The molecule has 2 N–H and O–H groups in total. The second-order valence-corrected chi connectivity index (χ2v) is 17.8. The number of benzene rings is 2. The van der Waals surface area contributed by atoms with Crippen LogP contribution in [0, 0.1) is 6.92 Å². The number of imide groups is 1. The molecule has 2 aromatic carbocycles. The van der Waals surface area contributed by atoms with Gasteiger partial charge in [-0.15, -0.1) is 11.3 Å². The second kappa shape index (κ2) is 16.5. The number of aromatic nitrogens is 1. The minimum Gasteiger partial charge on any atom is -0.496 e. The minimum atomic E-state index is -3.20. The fourth-order valence-corrected chi connectivity index (χ4v) is 10.6. The van der Waals surface area contributed by atoms with Gasteiger partial charge in [0.25, 0.3) is 23.3 Å². The molecule has 4 aliphatic rings. The molecular formula is C44H51F2N7O7S. The van der Waals surface area contributed by atoms with Gasteiger partial charge >= 0.3 is 0 Å². The number of amides is 4. The Labute approximate surface area is 356 Å². The molecule has 2 atom stereocenters. The Morgan fingerprint density at radius 2 is 1.69 bits per heavy atom. The number of anilines is 1. The van der Waals surface area contributed by atoms with E-state index in [9.17, 15) is 24.0 Å². The first-order valence-corrected chi connectivity index (χ1v) is 21.4. The van der Waals surface area contributed by atoms with E-state index in [1.165, 1.54) is 9.47 Å². The molecule has 6 heterocycles. The van der Waals surface area contributed by atoms with E-state index in [1.54, 1.807) is 34.4 Å². The summed E-state index contributed by atoms with van der Waals surface area (Å²) in [5.74, 6) is -3.65. The number of piperidine rings is 3. The summed E-state index contributed by atoms with van der Waals surface area (Å²) in [4.78, 5) is 72.7. The first kappa shape index (κ1) is 42.3. The van der Waals surface area contributed by atoms with Crippen molar-refractivity contribution in [2.24, 2.45) is 7.05 Å². The third kappa shape index (κ3) is 7.87. The Kier molecular flexibility index (Phi) is 11.4. The van der Waals surface area contributed by atoms with Gasteiger partial charge in [-0.25, -0.2) is 8.78 Å². The summed E-state index contributed by atoms with van der Waals surface area (Å²) in [6.45, 7) is 3.68. The highest BCUT2D eigenvalue weighted by molar-refractivity contribution is 7.21. The van der Waals surface area contributed by atoms with Crippen molar-refractivity contribution in [2.45, 2.75) is 76.2 Å². The van der Waals surface area contributed by atoms with Gasteiger partial charge in [-0.05, 0) is 87.7 Å². The van der Waals surface area contributed by atoms with Crippen molar-refractivity contribution in [1.29, 1.82) is 0 Å². The molecule has 2 unspecified atom stereocenters. The van der Waals surface area contributed by atoms with E-state index in [1.807, 2.05) is 54.2 Å². The molecule has 4 amide bonds. The number of thiophene rings is 1. The van der Waals surface area contributed by atoms with Crippen molar-refractivity contribution < 1.29 is 37.4 Å². The summed E-state index contributed by atoms with van der Waals surface area (Å²) in [7, 11) is 8.70. The van der Waals surface area contributed by atoms with Crippen molar-refractivity contribution >= 4 is 50.7 Å². The quantitative estimate of drug-likeness (QED) is 0.219. The number of pyridine rings is 1. The molecule has 0 spiro atoms. The number of alkyl halides is 2. The number of rotatable bonds is 10. The smallest absolute Gasteiger partial charge is 0.280 e. The van der Waals surface area contributed by atoms with Crippen molar-refractivity contribution in [3.05, 3.63) is 74.0 Å². The maximum Gasteiger partial charge on any atom is 0.280 e. The number of methoxy groups -OCH3 is 2. The lowest BCUT2D eigenvalue weighted by atomic mass is 9.95. The van der Waals surface area contributed by atoms with E-state index in [2.05, 4.69) is 15.5 Å². The van der Waals surface area contributed by atoms with Gasteiger partial charge < -0.3 is 34.1 Å². The van der Waals surface area contributed by atoms with E-state index in [0.29, 0.717) is 90.3 Å². The van der Waals surface area contributed by atoms with Crippen molar-refractivity contribution in [3.8, 4) is 22.6 Å². The molecule has 0 radical (unpaired) electrons. The average Bonchev–Trinajstić information content (AvgIpc) is 3.75. The summed E-state index contributed by atoms with van der Waals surface area (Å²) in [6, 6.07) is 7.31. The molecule has 17 heteroatoms. The maximum absolute atomic E-state index is 16.0. The maximum atomic E-state index is 16.0. The Hall–Kier alpha value is -5.39. The van der Waals surface area contributed by atoms with Gasteiger partial charge in [-0.2, -0.15) is 0 Å². The monoisotopic (exact) mass is 859 g/mol. The van der Waals surface area contributed by atoms with Crippen LogP contribution in [0.2, 0.25) is 0 Å². The zero-order valence-corrected chi connectivity index (χ0v) is 36.0. The van der Waals surface area contributed by atoms with Crippen LogP contribution in [0.25, 0.3) is 21.2 Å². The van der Waals surface area contributed by atoms with Crippen LogP contribution >= 0.6 is 11.3 Å². The van der Waals surface area contributed by atoms with Crippen LogP contribution in [0.5, 0.6) is 11.5 Å². The number of aryl methyl sites for hydroxylation is 2. The number of halogens is 2. The highest BCUT2D eigenvalue weighted by Crippen LogP contribution is 2.42. The number of ether oxygens (including phenoxy) is 2. The molecule has 0 aliphatic carbocycles. The Morgan fingerprint density at radius 1 is 0.984 bits per heavy atom. The SMILES string of the molecule is COc1cc(-c2cn(C)c(=O)c3c(C)c(C(=O)NC4CCN(C5CCN(c6ccc7c(c6)C(=O)N(C6CCC(=O)NC6=O)C7)CC5)CC4(F)F)sc23)cc(OC)c1CN(C)C. The lowest BCUT2D eigenvalue weighted by molar-refractivity contribution is -0.136. The molecule has 0 bridgehead atoms. The van der Waals surface area contributed by atoms with E-state index >= 15 is 8.78 Å². The number of fused-ring (bicyclic) bond motifs is 2. The number of hydrogen-bond donors (Lipinski definition) is 2. The molecule has 324 valence electrons. The zero-order valence-electron chi connectivity index (χ0n) is 35.2. The van der Waals surface area contributed by atoms with Crippen molar-refractivity contribution in [1.82, 2.24) is 29.9 Å². The predicted molar refractivity (Wildman–Crippen MR) is 228 cm³/mol. The molecule has 4 aromatic rings. The minimum absolute atomic E-state index is 0.0609. The van der Waals surface area contributed by atoms with Crippen LogP contribution in [-0.4, -0.2) is 121 Å². The van der Waals surface area contributed by atoms with Crippen LogP contribution in [0.1, 0.15) is 68.8 Å². The number of nitrogens with zero attached hydrogens (tertiary/aromatic N) is 5. The molecular weight excluding hydrogens is 809 g/mol. The number of carbonyl (C=O) groups excluding carboxylic acids is 4. The topological polar surface area (TPSA) is 146 Å². The van der Waals surface area contributed by atoms with Gasteiger partial charge in [0.05, 0.1) is 47.3 Å². The van der Waals surface area contributed by atoms with E-state index < -0.39 is 36.4 Å². The molecule has 0 saturated carbocycles.